The Morgan fingerprint density at radius 3 is 2.63 bits per heavy atom. The minimum Gasteiger partial charge on any atom is -0.375 e. The normalized spacial score (nSPS) is 25.8. The maximum atomic E-state index is 12.9. The Hall–Kier alpha value is -0.930. The van der Waals surface area contributed by atoms with E-state index < -0.39 is 0 Å². The number of rotatable bonds is 3. The lowest BCUT2D eigenvalue weighted by Crippen LogP contribution is -2.47. The van der Waals surface area contributed by atoms with Gasteiger partial charge >= 0.3 is 0 Å². The molecule has 0 radical (unpaired) electrons. The van der Waals surface area contributed by atoms with Crippen LogP contribution in [0.3, 0.4) is 0 Å². The molecule has 2 nitrogen and oxygen atoms in total. The van der Waals surface area contributed by atoms with E-state index in [1.807, 2.05) is 12.1 Å². The van der Waals surface area contributed by atoms with E-state index in [1.54, 1.807) is 0 Å². The van der Waals surface area contributed by atoms with E-state index >= 15 is 0 Å². The van der Waals surface area contributed by atoms with Crippen LogP contribution in [0.4, 0.5) is 4.39 Å². The van der Waals surface area contributed by atoms with E-state index in [-0.39, 0.29) is 11.9 Å². The highest BCUT2D eigenvalue weighted by atomic mass is 19.1. The molecule has 1 atom stereocenters. The van der Waals surface area contributed by atoms with Crippen molar-refractivity contribution in [3.05, 3.63) is 35.6 Å². The third-order valence-corrected chi connectivity index (χ3v) is 4.39. The summed E-state index contributed by atoms with van der Waals surface area (Å²) < 4.78 is 18.8. The van der Waals surface area contributed by atoms with Crippen LogP contribution in [0.15, 0.2) is 24.3 Å². The fourth-order valence-corrected chi connectivity index (χ4v) is 3.35. The summed E-state index contributed by atoms with van der Waals surface area (Å²) in [6, 6.07) is 7.58. The summed E-state index contributed by atoms with van der Waals surface area (Å²) in [5.41, 5.74) is 1.17. The van der Waals surface area contributed by atoms with Crippen LogP contribution in [-0.4, -0.2) is 36.7 Å². The van der Waals surface area contributed by atoms with Gasteiger partial charge in [-0.25, -0.2) is 4.39 Å². The van der Waals surface area contributed by atoms with Gasteiger partial charge in [0.15, 0.2) is 0 Å². The van der Waals surface area contributed by atoms with Crippen molar-refractivity contribution in [2.45, 2.75) is 44.2 Å². The molecule has 3 heteroatoms. The SMILES string of the molecule is Fc1ccc(C[C@@H]2CN(C3CCCC3)CCO2)cc1. The smallest absolute Gasteiger partial charge is 0.123 e. The molecule has 2 aliphatic rings. The van der Waals surface area contributed by atoms with Gasteiger partial charge in [0.05, 0.1) is 12.7 Å². The molecule has 19 heavy (non-hydrogen) atoms. The van der Waals surface area contributed by atoms with E-state index in [1.165, 1.54) is 43.4 Å². The first kappa shape index (κ1) is 13.1. The molecular formula is C16H22FNO. The van der Waals surface area contributed by atoms with Crippen molar-refractivity contribution >= 4 is 0 Å². The Kier molecular flexibility index (Phi) is 4.14. The van der Waals surface area contributed by atoms with Crippen LogP contribution in [0.5, 0.6) is 0 Å². The second kappa shape index (κ2) is 6.02. The van der Waals surface area contributed by atoms with Crippen LogP contribution in [0.2, 0.25) is 0 Å². The van der Waals surface area contributed by atoms with Gasteiger partial charge in [0, 0.05) is 19.1 Å². The fourth-order valence-electron chi connectivity index (χ4n) is 3.35. The predicted octanol–water partition coefficient (Wildman–Crippen LogP) is 3.01. The van der Waals surface area contributed by atoms with Crippen molar-refractivity contribution in [1.29, 1.82) is 0 Å². The first-order chi connectivity index (χ1) is 9.31. The number of morpholine rings is 1. The second-order valence-corrected chi connectivity index (χ2v) is 5.76. The zero-order valence-corrected chi connectivity index (χ0v) is 11.4. The monoisotopic (exact) mass is 263 g/mol. The number of halogens is 1. The standard InChI is InChI=1S/C16H22FNO/c17-14-7-5-13(6-8-14)11-16-12-18(9-10-19-16)15-3-1-2-4-15/h5-8,15-16H,1-4,9-12H2/t16-/m1/s1. The lowest BCUT2D eigenvalue weighted by Gasteiger charge is -2.37. The van der Waals surface area contributed by atoms with Crippen LogP contribution < -0.4 is 0 Å². The van der Waals surface area contributed by atoms with E-state index in [2.05, 4.69) is 4.90 Å². The summed E-state index contributed by atoms with van der Waals surface area (Å²) in [5.74, 6) is -0.166. The van der Waals surface area contributed by atoms with Crippen LogP contribution in [0, 0.1) is 5.82 Å². The average Bonchev–Trinajstić information content (AvgIpc) is 2.96. The quantitative estimate of drug-likeness (QED) is 0.831. The molecular weight excluding hydrogens is 241 g/mol. The molecule has 3 rings (SSSR count). The molecule has 0 spiro atoms. The Morgan fingerprint density at radius 2 is 1.89 bits per heavy atom. The molecule has 0 amide bonds. The minimum atomic E-state index is -0.166. The molecule has 1 aromatic rings. The van der Waals surface area contributed by atoms with Crippen molar-refractivity contribution in [3.63, 3.8) is 0 Å². The second-order valence-electron chi connectivity index (χ2n) is 5.76. The van der Waals surface area contributed by atoms with Gasteiger partial charge in [0.2, 0.25) is 0 Å². The third-order valence-electron chi connectivity index (χ3n) is 4.39. The van der Waals surface area contributed by atoms with E-state index in [9.17, 15) is 4.39 Å². The van der Waals surface area contributed by atoms with Crippen molar-refractivity contribution in [1.82, 2.24) is 4.90 Å². The first-order valence-corrected chi connectivity index (χ1v) is 7.41. The highest BCUT2D eigenvalue weighted by Gasteiger charge is 2.28. The molecule has 1 saturated carbocycles. The van der Waals surface area contributed by atoms with Gasteiger partial charge in [-0.2, -0.15) is 0 Å². The Balaban J connectivity index is 1.57. The number of hydrogen-bond acceptors (Lipinski definition) is 2. The molecule has 0 unspecified atom stereocenters. The Labute approximate surface area is 114 Å². The van der Waals surface area contributed by atoms with Gasteiger partial charge in [-0.3, -0.25) is 4.90 Å². The van der Waals surface area contributed by atoms with Gasteiger partial charge in [0.25, 0.3) is 0 Å². The zero-order valence-electron chi connectivity index (χ0n) is 11.4. The number of benzene rings is 1. The number of ether oxygens (including phenoxy) is 1. The van der Waals surface area contributed by atoms with Crippen LogP contribution in [0.25, 0.3) is 0 Å². The molecule has 0 N–H and O–H groups in total. The van der Waals surface area contributed by atoms with Crippen molar-refractivity contribution in [2.75, 3.05) is 19.7 Å². The van der Waals surface area contributed by atoms with Gasteiger partial charge in [-0.15, -0.1) is 0 Å². The fraction of sp³-hybridized carbons (Fsp3) is 0.625. The van der Waals surface area contributed by atoms with Crippen LogP contribution in [-0.2, 0) is 11.2 Å². The van der Waals surface area contributed by atoms with Crippen LogP contribution in [0.1, 0.15) is 31.2 Å². The Morgan fingerprint density at radius 1 is 1.16 bits per heavy atom. The highest BCUT2D eigenvalue weighted by molar-refractivity contribution is 5.17. The summed E-state index contributed by atoms with van der Waals surface area (Å²) in [6.45, 7) is 2.94. The van der Waals surface area contributed by atoms with Gasteiger partial charge in [-0.05, 0) is 37.0 Å². The van der Waals surface area contributed by atoms with E-state index in [0.717, 1.165) is 32.2 Å². The van der Waals surface area contributed by atoms with E-state index in [0.29, 0.717) is 0 Å². The minimum absolute atomic E-state index is 0.166. The lowest BCUT2D eigenvalue weighted by atomic mass is 10.1. The van der Waals surface area contributed by atoms with Crippen LogP contribution >= 0.6 is 0 Å². The third kappa shape index (κ3) is 3.34. The topological polar surface area (TPSA) is 12.5 Å². The summed E-state index contributed by atoms with van der Waals surface area (Å²) in [7, 11) is 0. The highest BCUT2D eigenvalue weighted by Crippen LogP contribution is 2.25. The van der Waals surface area contributed by atoms with Crippen molar-refractivity contribution < 1.29 is 9.13 Å². The molecule has 2 fully saturated rings. The maximum Gasteiger partial charge on any atom is 0.123 e. The molecule has 0 bridgehead atoms. The molecule has 0 aromatic heterocycles. The molecule has 104 valence electrons. The Bertz CT molecular complexity index is 400. The van der Waals surface area contributed by atoms with Crippen molar-refractivity contribution in [2.24, 2.45) is 0 Å². The van der Waals surface area contributed by atoms with Gasteiger partial charge in [0.1, 0.15) is 5.82 Å². The zero-order chi connectivity index (χ0) is 13.1. The van der Waals surface area contributed by atoms with Crippen molar-refractivity contribution in [3.8, 4) is 0 Å². The maximum absolute atomic E-state index is 12.9. The molecule has 1 aliphatic carbocycles. The largest absolute Gasteiger partial charge is 0.375 e. The first-order valence-electron chi connectivity index (χ1n) is 7.41. The molecule has 1 saturated heterocycles. The van der Waals surface area contributed by atoms with Gasteiger partial charge < -0.3 is 4.74 Å². The summed E-state index contributed by atoms with van der Waals surface area (Å²) in [4.78, 5) is 2.60. The predicted molar refractivity (Wildman–Crippen MR) is 73.7 cm³/mol. The molecule has 1 heterocycles. The molecule has 1 aromatic carbocycles. The summed E-state index contributed by atoms with van der Waals surface area (Å²) in [6.07, 6.45) is 6.62. The summed E-state index contributed by atoms with van der Waals surface area (Å²) >= 11 is 0. The van der Waals surface area contributed by atoms with Gasteiger partial charge in [-0.1, -0.05) is 25.0 Å². The molecule has 1 aliphatic heterocycles. The number of nitrogens with zero attached hydrogens (tertiary/aromatic N) is 1. The average molecular weight is 263 g/mol. The number of hydrogen-bond donors (Lipinski definition) is 0. The summed E-state index contributed by atoms with van der Waals surface area (Å²) in [5, 5.41) is 0. The lowest BCUT2D eigenvalue weighted by molar-refractivity contribution is -0.0415. The van der Waals surface area contributed by atoms with E-state index in [4.69, 9.17) is 4.74 Å².